The van der Waals surface area contributed by atoms with Gasteiger partial charge in [0.15, 0.2) is 5.82 Å². The predicted octanol–water partition coefficient (Wildman–Crippen LogP) is 3.00. The van der Waals surface area contributed by atoms with Gasteiger partial charge in [-0.25, -0.2) is 4.68 Å². The minimum absolute atomic E-state index is 0.0801. The number of nitrogens with one attached hydrogen (secondary N) is 1. The van der Waals surface area contributed by atoms with E-state index in [2.05, 4.69) is 54.6 Å². The van der Waals surface area contributed by atoms with Crippen molar-refractivity contribution in [2.24, 2.45) is 0 Å². The second-order valence-electron chi connectivity index (χ2n) is 9.85. The molecule has 0 bridgehead atoms. The zero-order chi connectivity index (χ0) is 25.9. The van der Waals surface area contributed by atoms with Crippen LogP contribution in [0.2, 0.25) is 0 Å². The maximum absolute atomic E-state index is 13.5. The number of fused-ring (bicyclic) bond motifs is 1. The lowest BCUT2D eigenvalue weighted by molar-refractivity contribution is 0.0906. The number of hydrogen-bond donors (Lipinski definition) is 1. The Kier molecular flexibility index (Phi) is 7.06. The number of rotatable bonds is 8. The molecule has 0 aliphatic carbocycles. The highest BCUT2D eigenvalue weighted by atomic mass is 16.5. The Hall–Kier alpha value is -3.76. The molecular weight excluding hydrogens is 482 g/mol. The van der Waals surface area contributed by atoms with Crippen LogP contribution in [-0.2, 0) is 11.3 Å². The van der Waals surface area contributed by atoms with E-state index in [0.717, 1.165) is 62.3 Å². The summed E-state index contributed by atoms with van der Waals surface area (Å²) in [5, 5.41) is 13.7. The minimum Gasteiger partial charge on any atom is -0.494 e. The molecule has 4 aromatic rings. The summed E-state index contributed by atoms with van der Waals surface area (Å²) in [6.07, 6.45) is 2.10. The second-order valence-corrected chi connectivity index (χ2v) is 9.85. The number of H-pyrrole nitrogens is 1. The molecule has 38 heavy (non-hydrogen) atoms. The first kappa shape index (κ1) is 24.6. The molecule has 2 fully saturated rings. The first-order valence-corrected chi connectivity index (χ1v) is 13.4. The van der Waals surface area contributed by atoms with Crippen molar-refractivity contribution >= 4 is 16.6 Å². The number of benzene rings is 2. The van der Waals surface area contributed by atoms with Crippen molar-refractivity contribution in [1.82, 2.24) is 30.1 Å². The normalized spacial score (nSPS) is 19.2. The van der Waals surface area contributed by atoms with E-state index in [1.807, 2.05) is 41.9 Å². The highest BCUT2D eigenvalue weighted by molar-refractivity contribution is 5.80. The molecule has 2 atom stereocenters. The van der Waals surface area contributed by atoms with E-state index in [0.29, 0.717) is 24.5 Å². The molecule has 2 aromatic heterocycles. The number of piperazine rings is 1. The molecule has 10 heteroatoms. The summed E-state index contributed by atoms with van der Waals surface area (Å²) >= 11 is 0. The van der Waals surface area contributed by atoms with Crippen LogP contribution in [0.5, 0.6) is 5.75 Å². The average Bonchev–Trinajstić information content (AvgIpc) is 3.63. The lowest BCUT2D eigenvalue weighted by Gasteiger charge is -2.39. The lowest BCUT2D eigenvalue weighted by atomic mass is 10.0. The standard InChI is InChI=1S/C28H33N7O3/c1-2-37-22-10-11-25-20(17-22)18-24(28(36)29-25)26(27-30-31-32-35(27)19-23-9-6-16-38-23)34-14-12-33(13-15-34)21-7-4-3-5-8-21/h3-5,7-8,10-11,17-18,23,26H,2,6,9,12-16,19H2,1H3,(H,29,36)/t23-,26-/m1/s1. The number of para-hydroxylation sites is 1. The van der Waals surface area contributed by atoms with Gasteiger partial charge in [-0.1, -0.05) is 18.2 Å². The molecule has 10 nitrogen and oxygen atoms in total. The van der Waals surface area contributed by atoms with Crippen LogP contribution >= 0.6 is 0 Å². The van der Waals surface area contributed by atoms with Crippen molar-refractivity contribution in [2.45, 2.75) is 38.5 Å². The van der Waals surface area contributed by atoms with Gasteiger partial charge in [0, 0.05) is 54.9 Å². The van der Waals surface area contributed by atoms with Crippen LogP contribution in [0.15, 0.2) is 59.4 Å². The van der Waals surface area contributed by atoms with Crippen LogP contribution in [0.1, 0.15) is 37.2 Å². The minimum atomic E-state index is -0.395. The van der Waals surface area contributed by atoms with Crippen molar-refractivity contribution in [2.75, 3.05) is 44.3 Å². The van der Waals surface area contributed by atoms with Gasteiger partial charge in [0.25, 0.3) is 5.56 Å². The Labute approximate surface area is 221 Å². The van der Waals surface area contributed by atoms with E-state index >= 15 is 0 Å². The van der Waals surface area contributed by atoms with Crippen LogP contribution in [0.4, 0.5) is 5.69 Å². The van der Waals surface area contributed by atoms with E-state index in [-0.39, 0.29) is 11.7 Å². The predicted molar refractivity (Wildman–Crippen MR) is 145 cm³/mol. The van der Waals surface area contributed by atoms with Gasteiger partial charge in [-0.2, -0.15) is 0 Å². The van der Waals surface area contributed by atoms with Crippen LogP contribution in [0, 0.1) is 0 Å². The number of tetrazole rings is 1. The fourth-order valence-electron chi connectivity index (χ4n) is 5.56. The third kappa shape index (κ3) is 5.01. The highest BCUT2D eigenvalue weighted by Gasteiger charge is 2.33. The molecule has 2 saturated heterocycles. The largest absolute Gasteiger partial charge is 0.494 e. The van der Waals surface area contributed by atoms with Crippen molar-refractivity contribution < 1.29 is 9.47 Å². The molecule has 198 valence electrons. The van der Waals surface area contributed by atoms with E-state index in [4.69, 9.17) is 9.47 Å². The molecule has 0 spiro atoms. The maximum Gasteiger partial charge on any atom is 0.253 e. The molecule has 6 rings (SSSR count). The van der Waals surface area contributed by atoms with Crippen LogP contribution in [-0.4, -0.2) is 75.6 Å². The topological polar surface area (TPSA) is 101 Å². The summed E-state index contributed by atoms with van der Waals surface area (Å²) in [7, 11) is 0. The van der Waals surface area contributed by atoms with Crippen molar-refractivity contribution in [3.63, 3.8) is 0 Å². The number of nitrogens with zero attached hydrogens (tertiary/aromatic N) is 6. The molecule has 2 aliphatic rings. The Morgan fingerprint density at radius 2 is 1.95 bits per heavy atom. The molecule has 0 unspecified atom stereocenters. The maximum atomic E-state index is 13.5. The molecule has 1 N–H and O–H groups in total. The molecular formula is C28H33N7O3. The van der Waals surface area contributed by atoms with Gasteiger partial charge in [0.1, 0.15) is 11.8 Å². The molecule has 2 aromatic carbocycles. The number of aromatic amines is 1. The summed E-state index contributed by atoms with van der Waals surface area (Å²) in [6.45, 7) is 7.09. The van der Waals surface area contributed by atoms with Crippen LogP contribution < -0.4 is 15.2 Å². The number of aromatic nitrogens is 5. The van der Waals surface area contributed by atoms with Gasteiger partial charge in [-0.15, -0.1) is 5.10 Å². The van der Waals surface area contributed by atoms with E-state index in [1.165, 1.54) is 5.69 Å². The monoisotopic (exact) mass is 515 g/mol. The third-order valence-corrected chi connectivity index (χ3v) is 7.46. The summed E-state index contributed by atoms with van der Waals surface area (Å²) in [4.78, 5) is 21.3. The quantitative estimate of drug-likeness (QED) is 0.382. The van der Waals surface area contributed by atoms with Gasteiger partial charge in [0.2, 0.25) is 0 Å². The second kappa shape index (κ2) is 10.9. The van der Waals surface area contributed by atoms with Gasteiger partial charge in [-0.3, -0.25) is 9.69 Å². The lowest BCUT2D eigenvalue weighted by Crippen LogP contribution is -2.49. The molecule has 4 heterocycles. The summed E-state index contributed by atoms with van der Waals surface area (Å²) in [5.41, 5.74) is 2.47. The SMILES string of the molecule is CCOc1ccc2[nH]c(=O)c([C@H](c3nnnn3C[C@H]3CCCO3)N3CCN(c4ccccc4)CC3)cc2c1. The Bertz CT molecular complexity index is 1420. The fraction of sp³-hybridized carbons (Fsp3) is 0.429. The Balaban J connectivity index is 1.37. The van der Waals surface area contributed by atoms with Crippen molar-refractivity contribution in [3.8, 4) is 5.75 Å². The summed E-state index contributed by atoms with van der Waals surface area (Å²) < 4.78 is 13.4. The molecule has 0 radical (unpaired) electrons. The Morgan fingerprint density at radius 3 is 2.71 bits per heavy atom. The summed E-state index contributed by atoms with van der Waals surface area (Å²) in [6, 6.07) is 17.8. The van der Waals surface area contributed by atoms with Gasteiger partial charge in [0.05, 0.1) is 19.3 Å². The van der Waals surface area contributed by atoms with Crippen molar-refractivity contribution in [1.29, 1.82) is 0 Å². The Morgan fingerprint density at radius 1 is 1.11 bits per heavy atom. The first-order chi connectivity index (χ1) is 18.7. The number of hydrogen-bond acceptors (Lipinski definition) is 8. The molecule has 0 saturated carbocycles. The summed E-state index contributed by atoms with van der Waals surface area (Å²) in [5.74, 6) is 1.44. The van der Waals surface area contributed by atoms with E-state index in [1.54, 1.807) is 0 Å². The average molecular weight is 516 g/mol. The van der Waals surface area contributed by atoms with E-state index in [9.17, 15) is 4.79 Å². The van der Waals surface area contributed by atoms with Gasteiger partial charge < -0.3 is 19.4 Å². The highest BCUT2D eigenvalue weighted by Crippen LogP contribution is 2.30. The van der Waals surface area contributed by atoms with Gasteiger partial charge >= 0.3 is 0 Å². The first-order valence-electron chi connectivity index (χ1n) is 13.4. The number of ether oxygens (including phenoxy) is 2. The number of anilines is 1. The molecule has 2 aliphatic heterocycles. The van der Waals surface area contributed by atoms with Crippen molar-refractivity contribution in [3.05, 3.63) is 76.3 Å². The van der Waals surface area contributed by atoms with Gasteiger partial charge in [-0.05, 0) is 66.6 Å². The fourth-order valence-corrected chi connectivity index (χ4v) is 5.56. The van der Waals surface area contributed by atoms with E-state index < -0.39 is 6.04 Å². The zero-order valence-electron chi connectivity index (χ0n) is 21.6. The number of pyridine rings is 1. The van der Waals surface area contributed by atoms with Crippen LogP contribution in [0.3, 0.4) is 0 Å². The van der Waals surface area contributed by atoms with Crippen LogP contribution in [0.25, 0.3) is 10.9 Å². The molecule has 0 amide bonds. The zero-order valence-corrected chi connectivity index (χ0v) is 21.6. The smallest absolute Gasteiger partial charge is 0.253 e. The third-order valence-electron chi connectivity index (χ3n) is 7.46.